The number of amides is 1. The largest absolute Gasteiger partial charge is 0.405 e. The van der Waals surface area contributed by atoms with Gasteiger partial charge in [0.25, 0.3) is 5.91 Å². The number of alkyl halides is 3. The summed E-state index contributed by atoms with van der Waals surface area (Å²) in [5.41, 5.74) is 0.330. The average molecular weight is 262 g/mol. The minimum Gasteiger partial charge on any atom is -0.384 e. The van der Waals surface area contributed by atoms with Gasteiger partial charge in [-0.15, -0.1) is 0 Å². The molecule has 1 aromatic carbocycles. The SMILES string of the molecule is CC(O)C(=O)Nc1ccccc1NCC(F)(F)F. The maximum absolute atomic E-state index is 12.1. The summed E-state index contributed by atoms with van der Waals surface area (Å²) < 4.78 is 36.2. The molecule has 0 radical (unpaired) electrons. The van der Waals surface area contributed by atoms with Crippen molar-refractivity contribution in [3.05, 3.63) is 24.3 Å². The molecule has 0 bridgehead atoms. The maximum Gasteiger partial charge on any atom is 0.405 e. The molecule has 4 nitrogen and oxygen atoms in total. The van der Waals surface area contributed by atoms with E-state index in [9.17, 15) is 18.0 Å². The number of carbonyl (C=O) groups excluding carboxylic acids is 1. The molecular formula is C11H13F3N2O2. The molecule has 1 rings (SSSR count). The quantitative estimate of drug-likeness (QED) is 0.777. The topological polar surface area (TPSA) is 61.4 Å². The Bertz CT molecular complexity index is 419. The molecule has 1 unspecified atom stereocenters. The Balaban J connectivity index is 2.77. The van der Waals surface area contributed by atoms with Gasteiger partial charge in [0.1, 0.15) is 12.6 Å². The first-order chi connectivity index (χ1) is 8.29. The zero-order valence-corrected chi connectivity index (χ0v) is 9.58. The summed E-state index contributed by atoms with van der Waals surface area (Å²) in [7, 11) is 0. The standard InChI is InChI=1S/C11H13F3N2O2/c1-7(17)10(18)16-9-5-3-2-4-8(9)15-6-11(12,13)14/h2-5,7,15,17H,6H2,1H3,(H,16,18). The zero-order chi connectivity index (χ0) is 13.8. The van der Waals surface area contributed by atoms with Crippen LogP contribution in [0.2, 0.25) is 0 Å². The first-order valence-electron chi connectivity index (χ1n) is 5.18. The average Bonchev–Trinajstić information content (AvgIpc) is 2.26. The molecule has 3 N–H and O–H groups in total. The minimum absolute atomic E-state index is 0.142. The number of hydrogen-bond acceptors (Lipinski definition) is 3. The van der Waals surface area contributed by atoms with E-state index < -0.39 is 24.7 Å². The molecule has 18 heavy (non-hydrogen) atoms. The lowest BCUT2D eigenvalue weighted by Gasteiger charge is -2.14. The van der Waals surface area contributed by atoms with Gasteiger partial charge in [-0.2, -0.15) is 13.2 Å². The maximum atomic E-state index is 12.1. The molecule has 0 saturated heterocycles. The van der Waals surface area contributed by atoms with Gasteiger partial charge in [0.2, 0.25) is 0 Å². The van der Waals surface area contributed by atoms with Crippen LogP contribution in [0.25, 0.3) is 0 Å². The van der Waals surface area contributed by atoms with E-state index in [1.54, 1.807) is 6.07 Å². The summed E-state index contributed by atoms with van der Waals surface area (Å²) in [5.74, 6) is -0.684. The lowest BCUT2D eigenvalue weighted by molar-refractivity contribution is -0.123. The van der Waals surface area contributed by atoms with E-state index in [1.165, 1.54) is 25.1 Å². The van der Waals surface area contributed by atoms with Crippen molar-refractivity contribution in [3.63, 3.8) is 0 Å². The van der Waals surface area contributed by atoms with Gasteiger partial charge < -0.3 is 15.7 Å². The zero-order valence-electron chi connectivity index (χ0n) is 9.58. The molecule has 1 amide bonds. The molecular weight excluding hydrogens is 249 g/mol. The summed E-state index contributed by atoms with van der Waals surface area (Å²) >= 11 is 0. The van der Waals surface area contributed by atoms with Gasteiger partial charge in [0, 0.05) is 0 Å². The van der Waals surface area contributed by atoms with Crippen molar-refractivity contribution in [1.82, 2.24) is 0 Å². The number of hydrogen-bond donors (Lipinski definition) is 3. The van der Waals surface area contributed by atoms with Crippen LogP contribution in [0.4, 0.5) is 24.5 Å². The number of anilines is 2. The third-order valence-electron chi connectivity index (χ3n) is 2.04. The van der Waals surface area contributed by atoms with Crippen molar-refractivity contribution in [2.75, 3.05) is 17.2 Å². The van der Waals surface area contributed by atoms with E-state index >= 15 is 0 Å². The van der Waals surface area contributed by atoms with Crippen LogP contribution in [0, 0.1) is 0 Å². The van der Waals surface area contributed by atoms with Crippen LogP contribution in [0.15, 0.2) is 24.3 Å². The van der Waals surface area contributed by atoms with Gasteiger partial charge >= 0.3 is 6.18 Å². The molecule has 0 fully saturated rings. The number of carbonyl (C=O) groups is 1. The van der Waals surface area contributed by atoms with Crippen molar-refractivity contribution in [3.8, 4) is 0 Å². The second-order valence-corrected chi connectivity index (χ2v) is 3.68. The lowest BCUT2D eigenvalue weighted by atomic mass is 10.2. The van der Waals surface area contributed by atoms with Crippen LogP contribution in [-0.4, -0.2) is 29.8 Å². The summed E-state index contributed by atoms with van der Waals surface area (Å²) in [4.78, 5) is 11.3. The van der Waals surface area contributed by atoms with Gasteiger partial charge in [0.05, 0.1) is 11.4 Å². The smallest absolute Gasteiger partial charge is 0.384 e. The summed E-state index contributed by atoms with van der Waals surface area (Å²) in [6, 6.07) is 5.95. The van der Waals surface area contributed by atoms with E-state index in [4.69, 9.17) is 5.11 Å². The van der Waals surface area contributed by atoms with Gasteiger partial charge in [-0.1, -0.05) is 12.1 Å². The van der Waals surface area contributed by atoms with E-state index in [0.717, 1.165) is 0 Å². The van der Waals surface area contributed by atoms with Gasteiger partial charge in [-0.25, -0.2) is 0 Å². The van der Waals surface area contributed by atoms with Crippen molar-refractivity contribution in [2.45, 2.75) is 19.2 Å². The van der Waals surface area contributed by atoms with Gasteiger partial charge in [0.15, 0.2) is 0 Å². The Morgan fingerprint density at radius 3 is 2.39 bits per heavy atom. The van der Waals surface area contributed by atoms with Crippen LogP contribution in [-0.2, 0) is 4.79 Å². The predicted molar refractivity (Wildman–Crippen MR) is 61.3 cm³/mol. The van der Waals surface area contributed by atoms with E-state index in [0.29, 0.717) is 0 Å². The van der Waals surface area contributed by atoms with Crippen molar-refractivity contribution in [1.29, 1.82) is 0 Å². The van der Waals surface area contributed by atoms with Gasteiger partial charge in [-0.05, 0) is 19.1 Å². The predicted octanol–water partition coefficient (Wildman–Crippen LogP) is 1.98. The van der Waals surface area contributed by atoms with E-state index in [-0.39, 0.29) is 11.4 Å². The monoisotopic (exact) mass is 262 g/mol. The molecule has 0 saturated carbocycles. The fourth-order valence-corrected chi connectivity index (χ4v) is 1.18. The van der Waals surface area contributed by atoms with Crippen molar-refractivity contribution >= 4 is 17.3 Å². The number of aliphatic hydroxyl groups is 1. The molecule has 0 aliphatic heterocycles. The summed E-state index contributed by atoms with van der Waals surface area (Å²) in [5, 5.41) is 13.5. The van der Waals surface area contributed by atoms with E-state index in [2.05, 4.69) is 10.6 Å². The highest BCUT2D eigenvalue weighted by molar-refractivity contribution is 5.96. The van der Waals surface area contributed by atoms with Gasteiger partial charge in [-0.3, -0.25) is 4.79 Å². The molecule has 0 spiro atoms. The molecule has 0 heterocycles. The number of nitrogens with one attached hydrogen (secondary N) is 2. The van der Waals surface area contributed by atoms with Crippen LogP contribution in [0.3, 0.4) is 0 Å². The highest BCUT2D eigenvalue weighted by Crippen LogP contribution is 2.23. The number of rotatable bonds is 4. The Morgan fingerprint density at radius 2 is 1.89 bits per heavy atom. The fourth-order valence-electron chi connectivity index (χ4n) is 1.18. The van der Waals surface area contributed by atoms with Crippen LogP contribution >= 0.6 is 0 Å². The minimum atomic E-state index is -4.35. The second kappa shape index (κ2) is 5.72. The first-order valence-corrected chi connectivity index (χ1v) is 5.18. The van der Waals surface area contributed by atoms with Crippen LogP contribution < -0.4 is 10.6 Å². The molecule has 7 heteroatoms. The molecule has 1 atom stereocenters. The number of aliphatic hydroxyl groups excluding tert-OH is 1. The van der Waals surface area contributed by atoms with Crippen LogP contribution in [0.1, 0.15) is 6.92 Å². The number of para-hydroxylation sites is 2. The first kappa shape index (κ1) is 14.3. The third-order valence-corrected chi connectivity index (χ3v) is 2.04. The summed E-state index contributed by atoms with van der Waals surface area (Å²) in [6.45, 7) is 0.0651. The Kier molecular flexibility index (Phi) is 4.55. The summed E-state index contributed by atoms with van der Waals surface area (Å²) in [6.07, 6.45) is -5.58. The third kappa shape index (κ3) is 4.62. The molecule has 0 aliphatic carbocycles. The highest BCUT2D eigenvalue weighted by Gasteiger charge is 2.27. The van der Waals surface area contributed by atoms with Crippen LogP contribution in [0.5, 0.6) is 0 Å². The Labute approximate surface area is 102 Å². The molecule has 0 aromatic heterocycles. The molecule has 0 aliphatic rings. The fraction of sp³-hybridized carbons (Fsp3) is 0.364. The Hall–Kier alpha value is -1.76. The van der Waals surface area contributed by atoms with Crippen molar-refractivity contribution < 1.29 is 23.1 Å². The number of halogens is 3. The highest BCUT2D eigenvalue weighted by atomic mass is 19.4. The lowest BCUT2D eigenvalue weighted by Crippen LogP contribution is -2.26. The van der Waals surface area contributed by atoms with Crippen molar-refractivity contribution in [2.24, 2.45) is 0 Å². The molecule has 100 valence electrons. The number of benzene rings is 1. The Morgan fingerprint density at radius 1 is 1.33 bits per heavy atom. The normalized spacial score (nSPS) is 12.9. The van der Waals surface area contributed by atoms with E-state index in [1.807, 2.05) is 0 Å². The molecule has 1 aromatic rings. The second-order valence-electron chi connectivity index (χ2n) is 3.68.